The van der Waals surface area contributed by atoms with Crippen molar-refractivity contribution in [1.82, 2.24) is 20.1 Å². The summed E-state index contributed by atoms with van der Waals surface area (Å²) in [5.41, 5.74) is 2.68. The van der Waals surface area contributed by atoms with E-state index in [0.717, 1.165) is 11.1 Å². The molecule has 0 radical (unpaired) electrons. The lowest BCUT2D eigenvalue weighted by atomic mass is 10.0. The normalized spacial score (nSPS) is 11.9. The molecule has 1 heterocycles. The molecule has 0 fully saturated rings. The van der Waals surface area contributed by atoms with Gasteiger partial charge in [-0.15, -0.1) is 16.8 Å². The van der Waals surface area contributed by atoms with Crippen molar-refractivity contribution in [3.8, 4) is 0 Å². The van der Waals surface area contributed by atoms with Crippen molar-refractivity contribution in [3.63, 3.8) is 0 Å². The van der Waals surface area contributed by atoms with Crippen LogP contribution in [0.5, 0.6) is 0 Å². The molecule has 172 valence electrons. The first kappa shape index (κ1) is 24.2. The first-order chi connectivity index (χ1) is 15.8. The minimum absolute atomic E-state index is 0.0601. The van der Waals surface area contributed by atoms with Crippen LogP contribution in [0, 0.1) is 23.0 Å². The van der Waals surface area contributed by atoms with Crippen LogP contribution in [0.2, 0.25) is 0 Å². The maximum atomic E-state index is 12.9. The van der Waals surface area contributed by atoms with Gasteiger partial charge < -0.3 is 9.88 Å². The number of allylic oxidation sites excluding steroid dienone is 1. The molecule has 9 heteroatoms. The van der Waals surface area contributed by atoms with Gasteiger partial charge in [0.05, 0.1) is 11.0 Å². The van der Waals surface area contributed by atoms with Crippen LogP contribution in [0.1, 0.15) is 47.2 Å². The van der Waals surface area contributed by atoms with Crippen molar-refractivity contribution in [1.29, 1.82) is 0 Å². The molecule has 8 nitrogen and oxygen atoms in total. The third kappa shape index (κ3) is 6.07. The Labute approximate surface area is 197 Å². The largest absolute Gasteiger partial charge is 0.342 e. The van der Waals surface area contributed by atoms with Crippen LogP contribution < -0.4 is 5.32 Å². The molecule has 1 N–H and O–H groups in total. The van der Waals surface area contributed by atoms with E-state index in [1.165, 1.54) is 23.9 Å². The summed E-state index contributed by atoms with van der Waals surface area (Å²) in [5.74, 6) is 1.16. The highest BCUT2D eigenvalue weighted by Gasteiger charge is 2.26. The van der Waals surface area contributed by atoms with E-state index in [4.69, 9.17) is 0 Å². The average molecular weight is 466 g/mol. The second kappa shape index (κ2) is 10.9. The fourth-order valence-electron chi connectivity index (χ4n) is 3.26. The number of hydrogen-bond acceptors (Lipinski definition) is 6. The summed E-state index contributed by atoms with van der Waals surface area (Å²) in [6.45, 7) is 10.4. The number of aryl methyl sites for hydroxylation is 1. The zero-order chi connectivity index (χ0) is 24.0. The fourth-order valence-corrected chi connectivity index (χ4v) is 4.17. The monoisotopic (exact) mass is 465 g/mol. The zero-order valence-corrected chi connectivity index (χ0v) is 19.7. The van der Waals surface area contributed by atoms with Crippen molar-refractivity contribution >= 4 is 23.4 Å². The summed E-state index contributed by atoms with van der Waals surface area (Å²) in [6.07, 6.45) is 1.77. The van der Waals surface area contributed by atoms with Gasteiger partial charge in [0.15, 0.2) is 11.0 Å². The summed E-state index contributed by atoms with van der Waals surface area (Å²) in [6, 6.07) is 13.6. The molecule has 1 amide bonds. The van der Waals surface area contributed by atoms with Crippen LogP contribution in [0.15, 0.2) is 66.3 Å². The van der Waals surface area contributed by atoms with E-state index in [9.17, 15) is 14.9 Å². The molecule has 0 saturated carbocycles. The van der Waals surface area contributed by atoms with E-state index >= 15 is 0 Å². The minimum atomic E-state index is -0.416. The molecular weight excluding hydrogens is 438 g/mol. The van der Waals surface area contributed by atoms with Gasteiger partial charge in [0.2, 0.25) is 0 Å². The fraction of sp³-hybridized carbons (Fsp3) is 0.292. The molecule has 1 atom stereocenters. The van der Waals surface area contributed by atoms with Crippen LogP contribution >= 0.6 is 11.8 Å². The average Bonchev–Trinajstić information content (AvgIpc) is 3.18. The Morgan fingerprint density at radius 1 is 1.18 bits per heavy atom. The van der Waals surface area contributed by atoms with Gasteiger partial charge in [-0.3, -0.25) is 14.9 Å². The van der Waals surface area contributed by atoms with E-state index in [1.54, 1.807) is 18.2 Å². The van der Waals surface area contributed by atoms with Crippen molar-refractivity contribution in [2.45, 2.75) is 44.3 Å². The SMILES string of the molecule is C=CCn1c(SCc2ccc([N+](=O)[O-])cc2)nnc1[C@H](NC(=O)c1ccc(C)cc1)C(C)C. The van der Waals surface area contributed by atoms with Crippen molar-refractivity contribution < 1.29 is 9.72 Å². The number of aromatic nitrogens is 3. The Bertz CT molecular complexity index is 1120. The van der Waals surface area contributed by atoms with Gasteiger partial charge in [0.1, 0.15) is 0 Å². The molecule has 2 aromatic carbocycles. The molecule has 0 unspecified atom stereocenters. The molecule has 0 aliphatic carbocycles. The van der Waals surface area contributed by atoms with E-state index in [0.29, 0.717) is 28.8 Å². The van der Waals surface area contributed by atoms with E-state index in [-0.39, 0.29) is 23.6 Å². The third-order valence-electron chi connectivity index (χ3n) is 5.12. The van der Waals surface area contributed by atoms with Gasteiger partial charge in [-0.1, -0.05) is 61.5 Å². The van der Waals surface area contributed by atoms with Crippen LogP contribution in [-0.2, 0) is 12.3 Å². The Balaban J connectivity index is 1.80. The number of amides is 1. The van der Waals surface area contributed by atoms with Crippen LogP contribution in [0.25, 0.3) is 0 Å². The van der Waals surface area contributed by atoms with Gasteiger partial charge in [-0.2, -0.15) is 0 Å². The molecule has 3 rings (SSSR count). The molecule has 1 aromatic heterocycles. The number of nitro benzene ring substituents is 1. The number of hydrogen-bond donors (Lipinski definition) is 1. The minimum Gasteiger partial charge on any atom is -0.342 e. The number of nitrogens with zero attached hydrogens (tertiary/aromatic N) is 4. The first-order valence-electron chi connectivity index (χ1n) is 10.6. The number of nitrogens with one attached hydrogen (secondary N) is 1. The third-order valence-corrected chi connectivity index (χ3v) is 6.16. The number of benzene rings is 2. The van der Waals surface area contributed by atoms with Crippen LogP contribution in [0.3, 0.4) is 0 Å². The van der Waals surface area contributed by atoms with E-state index in [1.807, 2.05) is 49.6 Å². The van der Waals surface area contributed by atoms with Crippen molar-refractivity contribution in [2.24, 2.45) is 5.92 Å². The zero-order valence-electron chi connectivity index (χ0n) is 18.9. The standard InChI is InChI=1S/C24H27N5O3S/c1-5-14-28-22(21(16(2)3)25-23(30)19-10-6-17(4)7-11-19)26-27-24(28)33-15-18-8-12-20(13-9-18)29(31)32/h5-13,16,21H,1,14-15H2,2-4H3,(H,25,30)/t21-/m1/s1. The maximum absolute atomic E-state index is 12.9. The summed E-state index contributed by atoms with van der Waals surface area (Å²) in [5, 5.41) is 23.4. The van der Waals surface area contributed by atoms with Gasteiger partial charge in [-0.05, 0) is 30.5 Å². The molecule has 0 bridgehead atoms. The lowest BCUT2D eigenvalue weighted by molar-refractivity contribution is -0.384. The molecule has 0 saturated heterocycles. The number of thioether (sulfide) groups is 1. The lowest BCUT2D eigenvalue weighted by Crippen LogP contribution is -2.33. The van der Waals surface area contributed by atoms with Gasteiger partial charge in [0, 0.05) is 30.0 Å². The number of carbonyl (C=O) groups excluding carboxylic acids is 1. The predicted octanol–water partition coefficient (Wildman–Crippen LogP) is 5.10. The lowest BCUT2D eigenvalue weighted by Gasteiger charge is -2.22. The van der Waals surface area contributed by atoms with E-state index < -0.39 is 4.92 Å². The number of rotatable bonds is 10. The Morgan fingerprint density at radius 3 is 2.42 bits per heavy atom. The number of non-ortho nitro benzene ring substituents is 1. The second-order valence-electron chi connectivity index (χ2n) is 8.01. The summed E-state index contributed by atoms with van der Waals surface area (Å²) >= 11 is 1.48. The second-order valence-corrected chi connectivity index (χ2v) is 8.96. The highest BCUT2D eigenvalue weighted by Crippen LogP contribution is 2.28. The molecule has 3 aromatic rings. The predicted molar refractivity (Wildman–Crippen MR) is 129 cm³/mol. The van der Waals surface area contributed by atoms with Crippen molar-refractivity contribution in [3.05, 3.63) is 93.8 Å². The Kier molecular flexibility index (Phi) is 8.00. The smallest absolute Gasteiger partial charge is 0.269 e. The topological polar surface area (TPSA) is 103 Å². The molecule has 0 aliphatic heterocycles. The number of nitro groups is 1. The molecule has 0 aliphatic rings. The molecule has 33 heavy (non-hydrogen) atoms. The van der Waals surface area contributed by atoms with Gasteiger partial charge >= 0.3 is 0 Å². The van der Waals surface area contributed by atoms with Crippen LogP contribution in [-0.4, -0.2) is 25.6 Å². The van der Waals surface area contributed by atoms with Crippen molar-refractivity contribution in [2.75, 3.05) is 0 Å². The first-order valence-corrected chi connectivity index (χ1v) is 11.6. The summed E-state index contributed by atoms with van der Waals surface area (Å²) < 4.78 is 1.95. The maximum Gasteiger partial charge on any atom is 0.269 e. The summed E-state index contributed by atoms with van der Waals surface area (Å²) in [4.78, 5) is 23.3. The summed E-state index contributed by atoms with van der Waals surface area (Å²) in [7, 11) is 0. The van der Waals surface area contributed by atoms with E-state index in [2.05, 4.69) is 22.1 Å². The number of carbonyl (C=O) groups is 1. The van der Waals surface area contributed by atoms with Gasteiger partial charge in [-0.25, -0.2) is 0 Å². The highest BCUT2D eigenvalue weighted by atomic mass is 32.2. The Morgan fingerprint density at radius 2 is 1.85 bits per heavy atom. The quantitative estimate of drug-likeness (QED) is 0.193. The molecule has 0 spiro atoms. The highest BCUT2D eigenvalue weighted by molar-refractivity contribution is 7.98. The van der Waals surface area contributed by atoms with Gasteiger partial charge in [0.25, 0.3) is 11.6 Å². The molecular formula is C24H27N5O3S. The van der Waals surface area contributed by atoms with Crippen LogP contribution in [0.4, 0.5) is 5.69 Å². The Hall–Kier alpha value is -3.46.